The maximum absolute atomic E-state index is 11.4. The summed E-state index contributed by atoms with van der Waals surface area (Å²) in [7, 11) is -3.08. The van der Waals surface area contributed by atoms with Gasteiger partial charge in [0, 0.05) is 18.8 Å². The molecular weight excluding hydrogens is 248 g/mol. The van der Waals surface area contributed by atoms with Crippen molar-refractivity contribution in [1.82, 2.24) is 4.72 Å². The quantitative estimate of drug-likeness (QED) is 0.851. The second-order valence-corrected chi connectivity index (χ2v) is 6.62. The molecule has 5 heteroatoms. The molecule has 1 aromatic carbocycles. The van der Waals surface area contributed by atoms with Gasteiger partial charge in [0.15, 0.2) is 0 Å². The molecule has 0 aromatic heterocycles. The minimum absolute atomic E-state index is 0.137. The average molecular weight is 268 g/mol. The first-order chi connectivity index (χ1) is 8.62. The summed E-state index contributed by atoms with van der Waals surface area (Å²) in [5, 5.41) is 3.42. The number of rotatable bonds is 5. The van der Waals surface area contributed by atoms with E-state index in [0.717, 1.165) is 19.4 Å². The standard InChI is InChI=1S/C13H20N2O2S/c1-2-18(16,17)15-10-8-12-6-3-5-11-7-4-9-14-13(11)12/h3,5-6,14-15H,2,4,7-10H2,1H3. The normalized spacial score (nSPS) is 14.9. The predicted molar refractivity (Wildman–Crippen MR) is 74.4 cm³/mol. The molecule has 100 valence electrons. The number of benzene rings is 1. The molecule has 2 rings (SSSR count). The van der Waals surface area contributed by atoms with Gasteiger partial charge in [-0.3, -0.25) is 0 Å². The van der Waals surface area contributed by atoms with Gasteiger partial charge in [-0.05, 0) is 37.3 Å². The second kappa shape index (κ2) is 5.71. The van der Waals surface area contributed by atoms with Gasteiger partial charge in [-0.15, -0.1) is 0 Å². The molecule has 0 unspecified atom stereocenters. The Labute approximate surface area is 109 Å². The lowest BCUT2D eigenvalue weighted by Gasteiger charge is -2.21. The van der Waals surface area contributed by atoms with E-state index in [1.807, 2.05) is 0 Å². The van der Waals surface area contributed by atoms with Crippen LogP contribution in [0.1, 0.15) is 24.5 Å². The molecular formula is C13H20N2O2S. The fraction of sp³-hybridized carbons (Fsp3) is 0.538. The largest absolute Gasteiger partial charge is 0.385 e. The van der Waals surface area contributed by atoms with Gasteiger partial charge in [0.05, 0.1) is 5.75 Å². The number of hydrogen-bond donors (Lipinski definition) is 2. The van der Waals surface area contributed by atoms with Gasteiger partial charge in [-0.25, -0.2) is 13.1 Å². The SMILES string of the molecule is CCS(=O)(=O)NCCc1cccc2c1NCCC2. The monoisotopic (exact) mass is 268 g/mol. The first kappa shape index (κ1) is 13.4. The van der Waals surface area contributed by atoms with Crippen molar-refractivity contribution >= 4 is 15.7 Å². The van der Waals surface area contributed by atoms with E-state index in [2.05, 4.69) is 28.2 Å². The van der Waals surface area contributed by atoms with Crippen molar-refractivity contribution in [3.05, 3.63) is 29.3 Å². The molecule has 1 heterocycles. The Morgan fingerprint density at radius 1 is 1.39 bits per heavy atom. The van der Waals surface area contributed by atoms with Gasteiger partial charge < -0.3 is 5.32 Å². The first-order valence-corrected chi connectivity index (χ1v) is 8.09. The summed E-state index contributed by atoms with van der Waals surface area (Å²) in [4.78, 5) is 0. The maximum Gasteiger partial charge on any atom is 0.211 e. The van der Waals surface area contributed by atoms with Crippen molar-refractivity contribution in [3.63, 3.8) is 0 Å². The van der Waals surface area contributed by atoms with Gasteiger partial charge in [-0.1, -0.05) is 18.2 Å². The highest BCUT2D eigenvalue weighted by molar-refractivity contribution is 7.89. The maximum atomic E-state index is 11.4. The number of fused-ring (bicyclic) bond motifs is 1. The number of anilines is 1. The molecule has 0 aliphatic carbocycles. The van der Waals surface area contributed by atoms with Crippen LogP contribution in [0.25, 0.3) is 0 Å². The predicted octanol–water partition coefficient (Wildman–Crippen LogP) is 1.53. The molecule has 0 atom stereocenters. The number of nitrogens with one attached hydrogen (secondary N) is 2. The third-order valence-electron chi connectivity index (χ3n) is 3.26. The molecule has 0 amide bonds. The summed E-state index contributed by atoms with van der Waals surface area (Å²) in [5.74, 6) is 0.137. The molecule has 1 aliphatic rings. The molecule has 18 heavy (non-hydrogen) atoms. The fourth-order valence-electron chi connectivity index (χ4n) is 2.23. The van der Waals surface area contributed by atoms with E-state index in [1.165, 1.54) is 23.2 Å². The smallest absolute Gasteiger partial charge is 0.211 e. The van der Waals surface area contributed by atoms with Crippen LogP contribution in [0.3, 0.4) is 0 Å². The number of sulfonamides is 1. The first-order valence-electron chi connectivity index (χ1n) is 6.44. The Morgan fingerprint density at radius 3 is 3.00 bits per heavy atom. The van der Waals surface area contributed by atoms with E-state index in [4.69, 9.17) is 0 Å². The Bertz CT molecular complexity index is 512. The van der Waals surface area contributed by atoms with Crippen LogP contribution in [0.2, 0.25) is 0 Å². The molecule has 0 bridgehead atoms. The van der Waals surface area contributed by atoms with Crippen molar-refractivity contribution < 1.29 is 8.42 Å². The van der Waals surface area contributed by atoms with E-state index in [-0.39, 0.29) is 5.75 Å². The Balaban J connectivity index is 2.02. The molecule has 0 fully saturated rings. The van der Waals surface area contributed by atoms with Gasteiger partial charge in [0.2, 0.25) is 10.0 Å². The summed E-state index contributed by atoms with van der Waals surface area (Å²) >= 11 is 0. The van der Waals surface area contributed by atoms with Gasteiger partial charge in [-0.2, -0.15) is 0 Å². The zero-order valence-corrected chi connectivity index (χ0v) is 11.5. The Kier molecular flexibility index (Phi) is 4.24. The van der Waals surface area contributed by atoms with Crippen LogP contribution in [0.5, 0.6) is 0 Å². The summed E-state index contributed by atoms with van der Waals surface area (Å²) < 4.78 is 25.3. The molecule has 0 saturated carbocycles. The van der Waals surface area contributed by atoms with Gasteiger partial charge in [0.1, 0.15) is 0 Å². The number of hydrogen-bond acceptors (Lipinski definition) is 3. The van der Waals surface area contributed by atoms with Crippen molar-refractivity contribution in [1.29, 1.82) is 0 Å². The Hall–Kier alpha value is -1.07. The van der Waals surface area contributed by atoms with E-state index < -0.39 is 10.0 Å². The van der Waals surface area contributed by atoms with Crippen LogP contribution >= 0.6 is 0 Å². The third-order valence-corrected chi connectivity index (χ3v) is 4.66. The summed E-state index contributed by atoms with van der Waals surface area (Å²) in [6.45, 7) is 3.12. The summed E-state index contributed by atoms with van der Waals surface area (Å²) in [5.41, 5.74) is 3.75. The van der Waals surface area contributed by atoms with Crippen LogP contribution in [0, 0.1) is 0 Å². The number of para-hydroxylation sites is 1. The Morgan fingerprint density at radius 2 is 2.22 bits per heavy atom. The second-order valence-electron chi connectivity index (χ2n) is 4.53. The van der Waals surface area contributed by atoms with Crippen LogP contribution in [0.4, 0.5) is 5.69 Å². The van der Waals surface area contributed by atoms with Crippen LogP contribution in [0.15, 0.2) is 18.2 Å². The zero-order valence-electron chi connectivity index (χ0n) is 10.7. The van der Waals surface area contributed by atoms with Crippen molar-refractivity contribution in [3.8, 4) is 0 Å². The molecule has 0 saturated heterocycles. The highest BCUT2D eigenvalue weighted by Gasteiger charge is 2.12. The van der Waals surface area contributed by atoms with Crippen LogP contribution in [-0.4, -0.2) is 27.3 Å². The van der Waals surface area contributed by atoms with Crippen molar-refractivity contribution in [2.24, 2.45) is 0 Å². The van der Waals surface area contributed by atoms with E-state index in [9.17, 15) is 8.42 Å². The lowest BCUT2D eigenvalue weighted by atomic mass is 9.98. The fourth-order valence-corrected chi connectivity index (χ4v) is 2.85. The number of aryl methyl sites for hydroxylation is 1. The topological polar surface area (TPSA) is 58.2 Å². The summed E-state index contributed by atoms with van der Waals surface area (Å²) in [6, 6.07) is 6.26. The van der Waals surface area contributed by atoms with Gasteiger partial charge in [0.25, 0.3) is 0 Å². The average Bonchev–Trinajstić information content (AvgIpc) is 2.39. The van der Waals surface area contributed by atoms with E-state index >= 15 is 0 Å². The van der Waals surface area contributed by atoms with E-state index in [0.29, 0.717) is 6.54 Å². The summed E-state index contributed by atoms with van der Waals surface area (Å²) in [6.07, 6.45) is 3.01. The molecule has 2 N–H and O–H groups in total. The van der Waals surface area contributed by atoms with Crippen molar-refractivity contribution in [2.45, 2.75) is 26.2 Å². The van der Waals surface area contributed by atoms with Crippen molar-refractivity contribution in [2.75, 3.05) is 24.2 Å². The highest BCUT2D eigenvalue weighted by Crippen LogP contribution is 2.26. The lowest BCUT2D eigenvalue weighted by molar-refractivity contribution is 0.583. The zero-order chi connectivity index (χ0) is 13.0. The van der Waals surface area contributed by atoms with Gasteiger partial charge >= 0.3 is 0 Å². The third kappa shape index (κ3) is 3.23. The van der Waals surface area contributed by atoms with E-state index in [1.54, 1.807) is 6.92 Å². The van der Waals surface area contributed by atoms with Crippen LogP contribution < -0.4 is 10.0 Å². The molecule has 1 aliphatic heterocycles. The minimum Gasteiger partial charge on any atom is -0.385 e. The molecule has 4 nitrogen and oxygen atoms in total. The molecule has 0 radical (unpaired) electrons. The van der Waals surface area contributed by atoms with Crippen LogP contribution in [-0.2, 0) is 22.9 Å². The molecule has 0 spiro atoms. The highest BCUT2D eigenvalue weighted by atomic mass is 32.2. The lowest BCUT2D eigenvalue weighted by Crippen LogP contribution is -2.27. The minimum atomic E-state index is -3.08. The molecule has 1 aromatic rings.